The van der Waals surface area contributed by atoms with Crippen LogP contribution in [0.15, 0.2) is 0 Å². The number of hydrogen-bond donors (Lipinski definition) is 2. The smallest absolute Gasteiger partial charge is 0.323 e. The molecule has 2 saturated carbocycles. The second-order valence-corrected chi connectivity index (χ2v) is 6.24. The number of rotatable bonds is 5. The van der Waals surface area contributed by atoms with Gasteiger partial charge in [-0.15, -0.1) is 0 Å². The average molecular weight is 282 g/mol. The molecule has 0 radical (unpaired) electrons. The van der Waals surface area contributed by atoms with Gasteiger partial charge in [-0.1, -0.05) is 25.7 Å². The van der Waals surface area contributed by atoms with Crippen LogP contribution in [-0.2, 0) is 4.79 Å². The van der Waals surface area contributed by atoms with Crippen LogP contribution in [0.1, 0.15) is 58.3 Å². The molecule has 0 heterocycles. The van der Waals surface area contributed by atoms with Crippen LogP contribution in [0, 0.1) is 5.92 Å². The first kappa shape index (κ1) is 15.1. The molecule has 2 N–H and O–H groups in total. The fourth-order valence-corrected chi connectivity index (χ4v) is 3.58. The Morgan fingerprint density at radius 2 is 1.70 bits per heavy atom. The molecule has 2 fully saturated rings. The van der Waals surface area contributed by atoms with E-state index in [1.807, 2.05) is 6.92 Å². The predicted molar refractivity (Wildman–Crippen MR) is 76.5 cm³/mol. The Balaban J connectivity index is 1.92. The zero-order valence-corrected chi connectivity index (χ0v) is 12.3. The second-order valence-electron chi connectivity index (χ2n) is 6.24. The minimum Gasteiger partial charge on any atom is -0.480 e. The first-order valence-corrected chi connectivity index (χ1v) is 7.87. The number of hydrogen-bond acceptors (Lipinski definition) is 2. The molecular formula is C15H26N2O3. The predicted octanol–water partition coefficient (Wildman–Crippen LogP) is 2.60. The molecule has 0 spiro atoms. The van der Waals surface area contributed by atoms with E-state index in [2.05, 4.69) is 5.32 Å². The van der Waals surface area contributed by atoms with Crippen molar-refractivity contribution in [1.82, 2.24) is 10.2 Å². The van der Waals surface area contributed by atoms with Crippen LogP contribution in [-0.4, -0.2) is 40.6 Å². The van der Waals surface area contributed by atoms with E-state index in [0.29, 0.717) is 5.92 Å². The Labute approximate surface area is 120 Å². The summed E-state index contributed by atoms with van der Waals surface area (Å²) in [6.45, 7) is 1.86. The zero-order chi connectivity index (χ0) is 14.5. The fourth-order valence-electron chi connectivity index (χ4n) is 3.58. The van der Waals surface area contributed by atoms with Crippen LogP contribution >= 0.6 is 0 Å². The van der Waals surface area contributed by atoms with Gasteiger partial charge >= 0.3 is 12.0 Å². The van der Waals surface area contributed by atoms with Crippen LogP contribution in [0.3, 0.4) is 0 Å². The summed E-state index contributed by atoms with van der Waals surface area (Å²) in [5, 5.41) is 12.0. The lowest BCUT2D eigenvalue weighted by atomic mass is 10.00. The van der Waals surface area contributed by atoms with Crippen molar-refractivity contribution < 1.29 is 14.7 Å². The van der Waals surface area contributed by atoms with Gasteiger partial charge in [-0.2, -0.15) is 0 Å². The van der Waals surface area contributed by atoms with Crippen LogP contribution in [0.25, 0.3) is 0 Å². The van der Waals surface area contributed by atoms with Crippen molar-refractivity contribution >= 4 is 12.0 Å². The molecule has 0 aliphatic heterocycles. The highest BCUT2D eigenvalue weighted by Gasteiger charge is 2.30. The molecule has 5 nitrogen and oxygen atoms in total. The number of carboxylic acid groups (broad SMARTS) is 1. The summed E-state index contributed by atoms with van der Waals surface area (Å²) in [5.41, 5.74) is 0. The molecule has 0 aromatic rings. The largest absolute Gasteiger partial charge is 0.480 e. The van der Waals surface area contributed by atoms with Crippen LogP contribution in [0.4, 0.5) is 4.79 Å². The SMILES string of the molecule is CC(NC(=O)N(CC(=O)O)C1CCCC1)C1CCCC1. The monoisotopic (exact) mass is 282 g/mol. The summed E-state index contributed by atoms with van der Waals surface area (Å²) < 4.78 is 0. The molecule has 20 heavy (non-hydrogen) atoms. The third kappa shape index (κ3) is 3.87. The number of urea groups is 1. The van der Waals surface area contributed by atoms with Crippen LogP contribution < -0.4 is 5.32 Å². The lowest BCUT2D eigenvalue weighted by Gasteiger charge is -2.30. The van der Waals surface area contributed by atoms with Crippen LogP contribution in [0.5, 0.6) is 0 Å². The number of carbonyl (C=O) groups excluding carboxylic acids is 1. The average Bonchev–Trinajstić information content (AvgIpc) is 3.08. The van der Waals surface area contributed by atoms with Crippen molar-refractivity contribution in [3.05, 3.63) is 0 Å². The highest BCUT2D eigenvalue weighted by molar-refractivity contribution is 5.80. The fraction of sp³-hybridized carbons (Fsp3) is 0.867. The molecule has 2 amide bonds. The third-order valence-electron chi connectivity index (χ3n) is 4.79. The molecule has 5 heteroatoms. The number of amides is 2. The van der Waals surface area contributed by atoms with E-state index in [4.69, 9.17) is 5.11 Å². The van der Waals surface area contributed by atoms with Gasteiger partial charge < -0.3 is 15.3 Å². The number of nitrogens with one attached hydrogen (secondary N) is 1. The standard InChI is InChI=1S/C15H26N2O3/c1-11(12-6-2-3-7-12)16-15(20)17(10-14(18)19)13-8-4-5-9-13/h11-13H,2-10H2,1H3,(H,16,20)(H,18,19). The van der Waals surface area contributed by atoms with Gasteiger partial charge in [0.25, 0.3) is 0 Å². The quantitative estimate of drug-likeness (QED) is 0.814. The maximum atomic E-state index is 12.4. The van der Waals surface area contributed by atoms with Crippen LogP contribution in [0.2, 0.25) is 0 Å². The lowest BCUT2D eigenvalue weighted by Crippen LogP contribution is -2.51. The summed E-state index contributed by atoms with van der Waals surface area (Å²) in [5.74, 6) is -0.380. The number of carbonyl (C=O) groups is 2. The lowest BCUT2D eigenvalue weighted by molar-refractivity contribution is -0.138. The van der Waals surface area contributed by atoms with E-state index in [0.717, 1.165) is 25.7 Å². The van der Waals surface area contributed by atoms with Gasteiger partial charge in [-0.3, -0.25) is 4.79 Å². The van der Waals surface area contributed by atoms with Gasteiger partial charge in [-0.05, 0) is 38.5 Å². The normalized spacial score (nSPS) is 21.9. The number of aliphatic carboxylic acids is 1. The van der Waals surface area contributed by atoms with E-state index in [1.165, 1.54) is 30.6 Å². The Bertz CT molecular complexity index is 347. The van der Waals surface area contributed by atoms with Crippen molar-refractivity contribution in [1.29, 1.82) is 0 Å². The Hall–Kier alpha value is -1.26. The van der Waals surface area contributed by atoms with Gasteiger partial charge in [-0.25, -0.2) is 4.79 Å². The van der Waals surface area contributed by atoms with Crippen molar-refractivity contribution in [3.63, 3.8) is 0 Å². The van der Waals surface area contributed by atoms with Gasteiger partial charge in [0.05, 0.1) is 0 Å². The van der Waals surface area contributed by atoms with Crippen molar-refractivity contribution in [2.24, 2.45) is 5.92 Å². The van der Waals surface area contributed by atoms with Gasteiger partial charge in [0.1, 0.15) is 6.54 Å². The molecule has 2 aliphatic rings. The van der Waals surface area contributed by atoms with E-state index in [1.54, 1.807) is 0 Å². The van der Waals surface area contributed by atoms with E-state index >= 15 is 0 Å². The molecule has 0 saturated heterocycles. The minimum absolute atomic E-state index is 0.0990. The van der Waals surface area contributed by atoms with Crippen molar-refractivity contribution in [2.45, 2.75) is 70.4 Å². The van der Waals surface area contributed by atoms with Crippen molar-refractivity contribution in [2.75, 3.05) is 6.54 Å². The molecule has 0 aromatic carbocycles. The molecule has 0 bridgehead atoms. The Kier molecular flexibility index (Phi) is 5.26. The second kappa shape index (κ2) is 6.95. The van der Waals surface area contributed by atoms with Gasteiger partial charge in [0.2, 0.25) is 0 Å². The number of carboxylic acids is 1. The molecule has 1 atom stereocenters. The molecule has 2 rings (SSSR count). The summed E-state index contributed by atoms with van der Waals surface area (Å²) >= 11 is 0. The summed E-state index contributed by atoms with van der Waals surface area (Å²) in [7, 11) is 0. The zero-order valence-electron chi connectivity index (χ0n) is 12.3. The first-order chi connectivity index (χ1) is 9.58. The van der Waals surface area contributed by atoms with E-state index in [-0.39, 0.29) is 24.7 Å². The topological polar surface area (TPSA) is 69.6 Å². The summed E-state index contributed by atoms with van der Waals surface area (Å²) in [6.07, 6.45) is 8.86. The van der Waals surface area contributed by atoms with E-state index in [9.17, 15) is 9.59 Å². The van der Waals surface area contributed by atoms with Crippen molar-refractivity contribution in [3.8, 4) is 0 Å². The van der Waals surface area contributed by atoms with Gasteiger partial charge in [0, 0.05) is 12.1 Å². The van der Waals surface area contributed by atoms with Gasteiger partial charge in [0.15, 0.2) is 0 Å². The Morgan fingerprint density at radius 1 is 1.15 bits per heavy atom. The highest BCUT2D eigenvalue weighted by atomic mass is 16.4. The molecular weight excluding hydrogens is 256 g/mol. The Morgan fingerprint density at radius 3 is 2.25 bits per heavy atom. The minimum atomic E-state index is -0.930. The summed E-state index contributed by atoms with van der Waals surface area (Å²) in [4.78, 5) is 24.9. The van der Waals surface area contributed by atoms with E-state index < -0.39 is 5.97 Å². The number of nitrogens with zero attached hydrogens (tertiary/aromatic N) is 1. The molecule has 1 unspecified atom stereocenters. The maximum absolute atomic E-state index is 12.4. The molecule has 2 aliphatic carbocycles. The molecule has 0 aromatic heterocycles. The third-order valence-corrected chi connectivity index (χ3v) is 4.79. The highest BCUT2D eigenvalue weighted by Crippen LogP contribution is 2.28. The summed E-state index contributed by atoms with van der Waals surface area (Å²) in [6, 6.07) is 0.0447. The first-order valence-electron chi connectivity index (χ1n) is 7.87. The maximum Gasteiger partial charge on any atom is 0.323 e. The molecule has 114 valence electrons.